The number of halogens is 1. The van der Waals surface area contributed by atoms with E-state index < -0.39 is 0 Å². The molecule has 28 heavy (non-hydrogen) atoms. The maximum atomic E-state index is 12.7. The standard InChI is InChI=1S/C21H31N5O.ClH/c1-14(2)13-16-5-7-17(8-6-16)15(3)20(27)24-21-23-19(25-26(21)4)18-9-11-22-12-10-18;/h5-8,14-15,18,22H,9-13H2,1-4H3,(H,23,24,25,27);1H. The molecule has 2 heterocycles. The van der Waals surface area contributed by atoms with Gasteiger partial charge >= 0.3 is 0 Å². The third-order valence-corrected chi connectivity index (χ3v) is 5.24. The summed E-state index contributed by atoms with van der Waals surface area (Å²) in [6, 6.07) is 8.35. The Morgan fingerprint density at radius 1 is 1.21 bits per heavy atom. The molecule has 2 aromatic rings. The van der Waals surface area contributed by atoms with Crippen LogP contribution in [0.2, 0.25) is 0 Å². The van der Waals surface area contributed by atoms with E-state index >= 15 is 0 Å². The van der Waals surface area contributed by atoms with Gasteiger partial charge < -0.3 is 5.32 Å². The number of nitrogens with zero attached hydrogens (tertiary/aromatic N) is 3. The molecule has 1 amide bonds. The van der Waals surface area contributed by atoms with Crippen molar-refractivity contribution in [2.45, 2.75) is 51.9 Å². The van der Waals surface area contributed by atoms with E-state index in [4.69, 9.17) is 0 Å². The van der Waals surface area contributed by atoms with E-state index in [2.05, 4.69) is 58.8 Å². The third-order valence-electron chi connectivity index (χ3n) is 5.24. The van der Waals surface area contributed by atoms with Crippen molar-refractivity contribution in [3.63, 3.8) is 0 Å². The number of rotatable bonds is 6. The lowest BCUT2D eigenvalue weighted by atomic mass is 9.96. The number of aromatic nitrogens is 3. The number of aryl methyl sites for hydroxylation is 1. The molecule has 154 valence electrons. The van der Waals surface area contributed by atoms with Crippen molar-refractivity contribution >= 4 is 24.3 Å². The van der Waals surface area contributed by atoms with Crippen molar-refractivity contribution in [1.82, 2.24) is 20.1 Å². The fraction of sp³-hybridized carbons (Fsp3) is 0.571. The van der Waals surface area contributed by atoms with Crippen molar-refractivity contribution in [3.8, 4) is 0 Å². The van der Waals surface area contributed by atoms with Crippen molar-refractivity contribution in [2.75, 3.05) is 18.4 Å². The Kier molecular flexibility index (Phi) is 8.01. The van der Waals surface area contributed by atoms with Gasteiger partial charge in [-0.3, -0.25) is 10.1 Å². The molecular weight excluding hydrogens is 374 g/mol. The van der Waals surface area contributed by atoms with Crippen molar-refractivity contribution < 1.29 is 4.79 Å². The average molecular weight is 406 g/mol. The molecule has 0 saturated carbocycles. The Morgan fingerprint density at radius 2 is 1.86 bits per heavy atom. The van der Waals surface area contributed by atoms with Crippen molar-refractivity contribution in [3.05, 3.63) is 41.2 Å². The highest BCUT2D eigenvalue weighted by Crippen LogP contribution is 2.24. The summed E-state index contributed by atoms with van der Waals surface area (Å²) in [6.45, 7) is 8.34. The van der Waals surface area contributed by atoms with Crippen LogP contribution in [0.5, 0.6) is 0 Å². The zero-order chi connectivity index (χ0) is 19.4. The first-order valence-electron chi connectivity index (χ1n) is 9.95. The Hall–Kier alpha value is -1.92. The summed E-state index contributed by atoms with van der Waals surface area (Å²) in [6.07, 6.45) is 3.13. The smallest absolute Gasteiger partial charge is 0.233 e. The summed E-state index contributed by atoms with van der Waals surface area (Å²) in [5.74, 6) is 2.06. The van der Waals surface area contributed by atoms with E-state index in [1.54, 1.807) is 4.68 Å². The molecule has 0 aliphatic carbocycles. The molecule has 1 aliphatic rings. The van der Waals surface area contributed by atoms with Gasteiger partial charge in [-0.1, -0.05) is 38.1 Å². The van der Waals surface area contributed by atoms with Crippen LogP contribution in [0.4, 0.5) is 5.95 Å². The number of benzene rings is 1. The van der Waals surface area contributed by atoms with Crippen LogP contribution in [-0.4, -0.2) is 33.8 Å². The fourth-order valence-corrected chi connectivity index (χ4v) is 3.55. The zero-order valence-corrected chi connectivity index (χ0v) is 18.1. The minimum absolute atomic E-state index is 0. The number of piperidine rings is 1. The molecule has 1 atom stereocenters. The summed E-state index contributed by atoms with van der Waals surface area (Å²) < 4.78 is 1.67. The first kappa shape index (κ1) is 22.4. The number of hydrogen-bond donors (Lipinski definition) is 2. The summed E-state index contributed by atoms with van der Waals surface area (Å²) in [5, 5.41) is 10.8. The molecule has 1 saturated heterocycles. The Labute approximate surface area is 173 Å². The van der Waals surface area contributed by atoms with E-state index in [-0.39, 0.29) is 24.2 Å². The molecular formula is C21H32ClN5O. The van der Waals surface area contributed by atoms with Crippen LogP contribution >= 0.6 is 12.4 Å². The summed E-state index contributed by atoms with van der Waals surface area (Å²) >= 11 is 0. The van der Waals surface area contributed by atoms with E-state index in [9.17, 15) is 4.79 Å². The molecule has 3 rings (SSSR count). The van der Waals surface area contributed by atoms with Gasteiger partial charge in [0.25, 0.3) is 0 Å². The SMILES string of the molecule is CC(C)Cc1ccc(C(C)C(=O)Nc2nc(C3CCNCC3)nn2C)cc1.Cl. The monoisotopic (exact) mass is 405 g/mol. The number of carbonyl (C=O) groups excluding carboxylic acids is 1. The summed E-state index contributed by atoms with van der Waals surface area (Å²) in [4.78, 5) is 17.3. The second-order valence-electron chi connectivity index (χ2n) is 7.99. The minimum atomic E-state index is -0.239. The number of nitrogens with one attached hydrogen (secondary N) is 2. The maximum absolute atomic E-state index is 12.7. The van der Waals surface area contributed by atoms with Gasteiger partial charge in [0.1, 0.15) is 0 Å². The molecule has 0 bridgehead atoms. The highest BCUT2D eigenvalue weighted by Gasteiger charge is 2.23. The Morgan fingerprint density at radius 3 is 2.46 bits per heavy atom. The predicted molar refractivity (Wildman–Crippen MR) is 115 cm³/mol. The highest BCUT2D eigenvalue weighted by molar-refractivity contribution is 5.94. The van der Waals surface area contributed by atoms with E-state index in [0.717, 1.165) is 43.7 Å². The maximum Gasteiger partial charge on any atom is 0.233 e. The van der Waals surface area contributed by atoms with Crippen molar-refractivity contribution in [2.24, 2.45) is 13.0 Å². The average Bonchev–Trinajstić information content (AvgIpc) is 3.02. The molecule has 1 aromatic carbocycles. The molecule has 6 nitrogen and oxygen atoms in total. The van der Waals surface area contributed by atoms with Gasteiger partial charge in [0.2, 0.25) is 11.9 Å². The Bertz CT molecular complexity index is 766. The fourth-order valence-electron chi connectivity index (χ4n) is 3.55. The summed E-state index contributed by atoms with van der Waals surface area (Å²) in [5.41, 5.74) is 2.32. The Balaban J connectivity index is 0.00000280. The number of carbonyl (C=O) groups is 1. The van der Waals surface area contributed by atoms with Crippen LogP contribution in [0, 0.1) is 5.92 Å². The van der Waals surface area contributed by atoms with Crippen LogP contribution in [0.25, 0.3) is 0 Å². The van der Waals surface area contributed by atoms with Gasteiger partial charge in [-0.25, -0.2) is 4.68 Å². The van der Waals surface area contributed by atoms with Crippen molar-refractivity contribution in [1.29, 1.82) is 0 Å². The normalized spacial score (nSPS) is 15.9. The van der Waals surface area contributed by atoms with Gasteiger partial charge in [-0.2, -0.15) is 10.1 Å². The van der Waals surface area contributed by atoms with Gasteiger partial charge in [0.15, 0.2) is 5.82 Å². The number of amides is 1. The lowest BCUT2D eigenvalue weighted by molar-refractivity contribution is -0.117. The topological polar surface area (TPSA) is 71.8 Å². The number of anilines is 1. The third kappa shape index (κ3) is 5.55. The number of hydrogen-bond acceptors (Lipinski definition) is 4. The van der Waals surface area contributed by atoms with E-state index in [1.807, 2.05) is 14.0 Å². The second-order valence-corrected chi connectivity index (χ2v) is 7.99. The quantitative estimate of drug-likeness (QED) is 0.769. The molecule has 1 unspecified atom stereocenters. The molecule has 2 N–H and O–H groups in total. The highest BCUT2D eigenvalue weighted by atomic mass is 35.5. The molecule has 7 heteroatoms. The molecule has 0 spiro atoms. The molecule has 0 radical (unpaired) electrons. The van der Waals surface area contributed by atoms with Gasteiger partial charge in [0, 0.05) is 13.0 Å². The first-order valence-corrected chi connectivity index (χ1v) is 9.95. The van der Waals surface area contributed by atoms with Gasteiger partial charge in [0.05, 0.1) is 5.92 Å². The summed E-state index contributed by atoms with van der Waals surface area (Å²) in [7, 11) is 1.83. The molecule has 1 fully saturated rings. The van der Waals surface area contributed by atoms with Crippen LogP contribution in [0.15, 0.2) is 24.3 Å². The van der Waals surface area contributed by atoms with E-state index in [0.29, 0.717) is 17.8 Å². The molecule has 1 aliphatic heterocycles. The van der Waals surface area contributed by atoms with Crippen LogP contribution in [0.3, 0.4) is 0 Å². The lowest BCUT2D eigenvalue weighted by Gasteiger charge is -2.19. The first-order chi connectivity index (χ1) is 12.9. The molecule has 1 aromatic heterocycles. The lowest BCUT2D eigenvalue weighted by Crippen LogP contribution is -2.27. The predicted octanol–water partition coefficient (Wildman–Crippen LogP) is 3.64. The van der Waals surface area contributed by atoms with E-state index in [1.165, 1.54) is 5.56 Å². The van der Waals surface area contributed by atoms with Gasteiger partial charge in [-0.15, -0.1) is 12.4 Å². The minimum Gasteiger partial charge on any atom is -0.317 e. The van der Waals surface area contributed by atoms with Crippen LogP contribution < -0.4 is 10.6 Å². The zero-order valence-electron chi connectivity index (χ0n) is 17.2. The van der Waals surface area contributed by atoms with Crippen LogP contribution in [-0.2, 0) is 18.3 Å². The second kappa shape index (κ2) is 10.0. The van der Waals surface area contributed by atoms with Crippen LogP contribution in [0.1, 0.15) is 62.4 Å². The van der Waals surface area contributed by atoms with Gasteiger partial charge in [-0.05, 0) is 56.3 Å². The largest absolute Gasteiger partial charge is 0.317 e.